The van der Waals surface area contributed by atoms with E-state index in [4.69, 9.17) is 0 Å². The number of rotatable bonds is 3. The third-order valence-corrected chi connectivity index (χ3v) is 2.81. The average molecular weight is 248 g/mol. The van der Waals surface area contributed by atoms with Gasteiger partial charge in [-0.25, -0.2) is 0 Å². The molecule has 0 nitrogen and oxygen atoms in total. The van der Waals surface area contributed by atoms with Crippen LogP contribution in [-0.4, -0.2) is 5.33 Å². The first kappa shape index (κ1) is 9.72. The summed E-state index contributed by atoms with van der Waals surface area (Å²) in [6, 6.07) is 8.52. The zero-order chi connectivity index (χ0) is 9.80. The molecule has 1 aromatic carbocycles. The van der Waals surface area contributed by atoms with Crippen LogP contribution in [0.2, 0.25) is 0 Å². The number of benzene rings is 1. The Morgan fingerprint density at radius 2 is 2.14 bits per heavy atom. The molecule has 0 N–H and O–H groups in total. The summed E-state index contributed by atoms with van der Waals surface area (Å²) in [7, 11) is 0. The van der Waals surface area contributed by atoms with Gasteiger partial charge in [-0.1, -0.05) is 58.4 Å². The van der Waals surface area contributed by atoms with Crippen LogP contribution in [0.1, 0.15) is 23.5 Å². The highest BCUT2D eigenvalue weighted by Crippen LogP contribution is 2.31. The summed E-state index contributed by atoms with van der Waals surface area (Å²) in [4.78, 5) is 0. The summed E-state index contributed by atoms with van der Waals surface area (Å²) in [5.74, 6) is 0.460. The summed E-state index contributed by atoms with van der Waals surface area (Å²) >= 11 is 3.38. The topological polar surface area (TPSA) is 0 Å². The maximum absolute atomic E-state index is 3.39. The molecule has 0 spiro atoms. The Morgan fingerprint density at radius 3 is 3.00 bits per heavy atom. The lowest BCUT2D eigenvalue weighted by Crippen LogP contribution is -1.91. The van der Waals surface area contributed by atoms with Gasteiger partial charge in [-0.15, -0.1) is 0 Å². The minimum atomic E-state index is 0.460. The van der Waals surface area contributed by atoms with Crippen LogP contribution >= 0.6 is 15.9 Å². The van der Waals surface area contributed by atoms with Gasteiger partial charge in [0, 0.05) is 11.2 Å². The van der Waals surface area contributed by atoms with E-state index < -0.39 is 0 Å². The molecule has 0 saturated carbocycles. The molecule has 1 heteroatoms. The van der Waals surface area contributed by atoms with E-state index >= 15 is 0 Å². The Hall–Kier alpha value is -0.820. The SMILES string of the molecule is BrC/C=C/CC1[C]=Cc2ccccc21. The van der Waals surface area contributed by atoms with Crippen LogP contribution in [0.5, 0.6) is 0 Å². The van der Waals surface area contributed by atoms with Crippen molar-refractivity contribution in [2.24, 2.45) is 0 Å². The van der Waals surface area contributed by atoms with Gasteiger partial charge in [0.2, 0.25) is 0 Å². The van der Waals surface area contributed by atoms with Crippen molar-refractivity contribution in [3.8, 4) is 0 Å². The van der Waals surface area contributed by atoms with Crippen LogP contribution < -0.4 is 0 Å². The van der Waals surface area contributed by atoms with Crippen LogP contribution in [0.25, 0.3) is 6.08 Å². The molecule has 0 aromatic heterocycles. The van der Waals surface area contributed by atoms with E-state index in [1.807, 2.05) is 0 Å². The van der Waals surface area contributed by atoms with Gasteiger partial charge in [-0.05, 0) is 23.6 Å². The van der Waals surface area contributed by atoms with Crippen molar-refractivity contribution in [3.63, 3.8) is 0 Å². The van der Waals surface area contributed by atoms with E-state index in [0.717, 1.165) is 11.8 Å². The minimum Gasteiger partial charge on any atom is -0.0883 e. The molecule has 0 aliphatic heterocycles. The van der Waals surface area contributed by atoms with Crippen LogP contribution in [0.15, 0.2) is 36.4 Å². The molecule has 1 radical (unpaired) electrons. The predicted molar refractivity (Wildman–Crippen MR) is 64.4 cm³/mol. The van der Waals surface area contributed by atoms with Crippen molar-refractivity contribution in [3.05, 3.63) is 53.6 Å². The summed E-state index contributed by atoms with van der Waals surface area (Å²) in [6.07, 6.45) is 10.9. The van der Waals surface area contributed by atoms with Crippen molar-refractivity contribution >= 4 is 22.0 Å². The summed E-state index contributed by atoms with van der Waals surface area (Å²) < 4.78 is 0. The monoisotopic (exact) mass is 247 g/mol. The Balaban J connectivity index is 2.11. The predicted octanol–water partition coefficient (Wildman–Crippen LogP) is 3.94. The zero-order valence-electron chi connectivity index (χ0n) is 7.91. The molecule has 1 aliphatic carbocycles. The molecule has 71 valence electrons. The second kappa shape index (κ2) is 4.61. The molecule has 0 fully saturated rings. The molecule has 1 atom stereocenters. The standard InChI is InChI=1S/C13H12Br/c14-10-4-3-6-12-9-8-11-5-1-2-7-13(11)12/h1-5,7-8,12H,6,10H2/b4-3+. The molecular formula is C13H12Br. The Labute approximate surface area is 93.5 Å². The zero-order valence-corrected chi connectivity index (χ0v) is 9.50. The number of halogens is 1. The van der Waals surface area contributed by atoms with Crippen molar-refractivity contribution in [1.29, 1.82) is 0 Å². The number of allylic oxidation sites excluding steroid dienone is 3. The maximum atomic E-state index is 3.39. The highest BCUT2D eigenvalue weighted by molar-refractivity contribution is 9.09. The molecule has 0 amide bonds. The Bertz CT molecular complexity index is 363. The maximum Gasteiger partial charge on any atom is 0.0212 e. The van der Waals surface area contributed by atoms with Gasteiger partial charge in [0.15, 0.2) is 0 Å². The van der Waals surface area contributed by atoms with Gasteiger partial charge < -0.3 is 0 Å². The first-order valence-corrected chi connectivity index (χ1v) is 5.93. The summed E-state index contributed by atoms with van der Waals surface area (Å²) in [6.45, 7) is 0. The molecule has 0 saturated heterocycles. The third-order valence-electron chi connectivity index (χ3n) is 2.44. The van der Waals surface area contributed by atoms with Crippen LogP contribution in [0.4, 0.5) is 0 Å². The smallest absolute Gasteiger partial charge is 0.0212 e. The van der Waals surface area contributed by atoms with E-state index in [1.54, 1.807) is 0 Å². The lowest BCUT2D eigenvalue weighted by atomic mass is 9.98. The first-order chi connectivity index (χ1) is 6.92. The highest BCUT2D eigenvalue weighted by atomic mass is 79.9. The van der Waals surface area contributed by atoms with Crippen molar-refractivity contribution in [2.45, 2.75) is 12.3 Å². The number of hydrogen-bond acceptors (Lipinski definition) is 0. The van der Waals surface area contributed by atoms with Gasteiger partial charge in [0.25, 0.3) is 0 Å². The fraction of sp³-hybridized carbons (Fsp3) is 0.231. The summed E-state index contributed by atoms with van der Waals surface area (Å²) in [5.41, 5.74) is 2.73. The van der Waals surface area contributed by atoms with E-state index in [9.17, 15) is 0 Å². The molecule has 1 aliphatic rings. The molecule has 2 rings (SSSR count). The van der Waals surface area contributed by atoms with Crippen LogP contribution in [0, 0.1) is 6.08 Å². The lowest BCUT2D eigenvalue weighted by molar-refractivity contribution is 0.859. The van der Waals surface area contributed by atoms with Crippen LogP contribution in [-0.2, 0) is 0 Å². The van der Waals surface area contributed by atoms with Crippen molar-refractivity contribution < 1.29 is 0 Å². The number of alkyl halides is 1. The lowest BCUT2D eigenvalue weighted by Gasteiger charge is -2.06. The molecular weight excluding hydrogens is 236 g/mol. The fourth-order valence-corrected chi connectivity index (χ4v) is 1.99. The van der Waals surface area contributed by atoms with E-state index in [2.05, 4.69) is 64.5 Å². The minimum absolute atomic E-state index is 0.460. The van der Waals surface area contributed by atoms with E-state index in [0.29, 0.717) is 5.92 Å². The molecule has 0 heterocycles. The van der Waals surface area contributed by atoms with E-state index in [1.165, 1.54) is 11.1 Å². The number of hydrogen-bond donors (Lipinski definition) is 0. The Kier molecular flexibility index (Phi) is 3.20. The second-order valence-corrected chi connectivity index (χ2v) is 4.00. The van der Waals surface area contributed by atoms with Gasteiger partial charge in [0.05, 0.1) is 0 Å². The number of fused-ring (bicyclic) bond motifs is 1. The first-order valence-electron chi connectivity index (χ1n) is 4.81. The molecule has 1 aromatic rings. The Morgan fingerprint density at radius 1 is 1.29 bits per heavy atom. The quantitative estimate of drug-likeness (QED) is 0.561. The van der Waals surface area contributed by atoms with Gasteiger partial charge >= 0.3 is 0 Å². The fourth-order valence-electron chi connectivity index (χ4n) is 1.73. The van der Waals surface area contributed by atoms with Crippen molar-refractivity contribution in [2.75, 3.05) is 5.33 Å². The second-order valence-electron chi connectivity index (χ2n) is 3.35. The molecule has 0 bridgehead atoms. The molecule has 1 unspecified atom stereocenters. The normalized spacial score (nSPS) is 19.1. The van der Waals surface area contributed by atoms with Gasteiger partial charge in [-0.2, -0.15) is 0 Å². The van der Waals surface area contributed by atoms with Gasteiger partial charge in [-0.3, -0.25) is 0 Å². The van der Waals surface area contributed by atoms with Crippen molar-refractivity contribution in [1.82, 2.24) is 0 Å². The van der Waals surface area contributed by atoms with Gasteiger partial charge in [0.1, 0.15) is 0 Å². The van der Waals surface area contributed by atoms with E-state index in [-0.39, 0.29) is 0 Å². The average Bonchev–Trinajstić information content (AvgIpc) is 2.63. The van der Waals surface area contributed by atoms with Crippen LogP contribution in [0.3, 0.4) is 0 Å². The largest absolute Gasteiger partial charge is 0.0883 e. The summed E-state index contributed by atoms with van der Waals surface area (Å²) in [5, 5.41) is 0.936. The highest BCUT2D eigenvalue weighted by Gasteiger charge is 2.14. The molecule has 14 heavy (non-hydrogen) atoms. The third kappa shape index (κ3) is 1.98.